The van der Waals surface area contributed by atoms with Gasteiger partial charge in [0, 0.05) is 38.2 Å². The lowest BCUT2D eigenvalue weighted by molar-refractivity contribution is 0.668. The van der Waals surface area contributed by atoms with Crippen molar-refractivity contribution in [1.82, 2.24) is 15.0 Å². The Bertz CT molecular complexity index is 3550. The van der Waals surface area contributed by atoms with E-state index in [1.165, 1.54) is 21.5 Å². The Morgan fingerprint density at radius 2 is 0.821 bits per heavy atom. The van der Waals surface area contributed by atoms with Crippen LogP contribution >= 0.6 is 0 Å². The minimum atomic E-state index is 0.567. The van der Waals surface area contributed by atoms with Crippen LogP contribution in [0.1, 0.15) is 0 Å². The monoisotopic (exact) mass is 715 g/mol. The fraction of sp³-hybridized carbons (Fsp3) is 0. The molecule has 5 nitrogen and oxygen atoms in total. The van der Waals surface area contributed by atoms with Crippen LogP contribution in [0.4, 0.5) is 0 Å². The molecule has 0 bridgehead atoms. The summed E-state index contributed by atoms with van der Waals surface area (Å²) in [6, 6.07) is 61.1. The van der Waals surface area contributed by atoms with Crippen LogP contribution in [-0.4, -0.2) is 15.0 Å². The Hall–Kier alpha value is -7.63. The Morgan fingerprint density at radius 1 is 0.286 bits per heavy atom. The quantitative estimate of drug-likeness (QED) is 0.170. The average Bonchev–Trinajstić information content (AvgIpc) is 3.84. The van der Waals surface area contributed by atoms with Gasteiger partial charge < -0.3 is 8.83 Å². The topological polar surface area (TPSA) is 65.0 Å². The SMILES string of the molecule is c1ccc(-c2ccc3oc4cccc(-c5nc(-c6ccc7ccc8c9ccccc9ccc8c7c6)nc(-c6cccc7oc8ccccc8c67)n5)c4c3c2)cc1. The maximum atomic E-state index is 6.47. The van der Waals surface area contributed by atoms with E-state index in [1.807, 2.05) is 48.5 Å². The molecule has 0 N–H and O–H groups in total. The van der Waals surface area contributed by atoms with Gasteiger partial charge in [-0.25, -0.2) is 15.0 Å². The molecule has 9 aromatic carbocycles. The van der Waals surface area contributed by atoms with Crippen molar-refractivity contribution in [3.63, 3.8) is 0 Å². The molecule has 0 spiro atoms. The van der Waals surface area contributed by atoms with E-state index in [1.54, 1.807) is 0 Å². The minimum Gasteiger partial charge on any atom is -0.456 e. The molecule has 0 aliphatic carbocycles. The summed E-state index contributed by atoms with van der Waals surface area (Å²) in [6.07, 6.45) is 0. The van der Waals surface area contributed by atoms with E-state index in [9.17, 15) is 0 Å². The number of hydrogen-bond acceptors (Lipinski definition) is 5. The highest BCUT2D eigenvalue weighted by atomic mass is 16.3. The van der Waals surface area contributed by atoms with E-state index in [4.69, 9.17) is 23.8 Å². The van der Waals surface area contributed by atoms with Crippen molar-refractivity contribution in [1.29, 1.82) is 0 Å². The Labute approximate surface area is 320 Å². The summed E-state index contributed by atoms with van der Waals surface area (Å²) in [6.45, 7) is 0. The van der Waals surface area contributed by atoms with Gasteiger partial charge in [-0.3, -0.25) is 0 Å². The van der Waals surface area contributed by atoms with E-state index in [0.717, 1.165) is 82.5 Å². The van der Waals surface area contributed by atoms with E-state index in [2.05, 4.69) is 127 Å². The molecule has 0 atom stereocenters. The van der Waals surface area contributed by atoms with Crippen molar-refractivity contribution in [2.45, 2.75) is 0 Å². The lowest BCUT2D eigenvalue weighted by Crippen LogP contribution is -2.01. The number of furan rings is 2. The van der Waals surface area contributed by atoms with Crippen LogP contribution in [-0.2, 0) is 0 Å². The highest BCUT2D eigenvalue weighted by Gasteiger charge is 2.21. The van der Waals surface area contributed by atoms with Crippen LogP contribution in [0, 0.1) is 0 Å². The first kappa shape index (κ1) is 30.8. The van der Waals surface area contributed by atoms with Crippen LogP contribution in [0.5, 0.6) is 0 Å². The van der Waals surface area contributed by atoms with Crippen molar-refractivity contribution in [2.75, 3.05) is 0 Å². The number of hydrogen-bond donors (Lipinski definition) is 0. The van der Waals surface area contributed by atoms with Crippen LogP contribution in [0.2, 0.25) is 0 Å². The number of rotatable bonds is 4. The zero-order valence-corrected chi connectivity index (χ0v) is 29.9. The molecule has 0 radical (unpaired) electrons. The van der Waals surface area contributed by atoms with E-state index < -0.39 is 0 Å². The van der Waals surface area contributed by atoms with Crippen molar-refractivity contribution in [3.05, 3.63) is 176 Å². The van der Waals surface area contributed by atoms with Crippen LogP contribution in [0.15, 0.2) is 185 Å². The molecular weight excluding hydrogens is 687 g/mol. The third-order valence-electron chi connectivity index (χ3n) is 11.1. The maximum Gasteiger partial charge on any atom is 0.164 e. The summed E-state index contributed by atoms with van der Waals surface area (Å²) < 4.78 is 12.8. The molecule has 0 amide bonds. The van der Waals surface area contributed by atoms with Crippen molar-refractivity contribution in [3.8, 4) is 45.3 Å². The van der Waals surface area contributed by atoms with Gasteiger partial charge in [-0.2, -0.15) is 0 Å². The molecule has 0 saturated heterocycles. The summed E-state index contributed by atoms with van der Waals surface area (Å²) >= 11 is 0. The van der Waals surface area contributed by atoms with Gasteiger partial charge in [0.1, 0.15) is 22.3 Å². The molecular formula is C51H29N3O2. The standard InChI is InChI=1S/C51H29N3O2/c1-2-10-30(11-3-1)33-24-27-44-42(28-33)48-40(16-9-19-46(48)56-44)51-53-49(52-50(54-51)39-15-8-18-45-47(39)38-14-6-7-17-43(38)55-45)34-21-20-32-23-25-36-35-13-5-4-12-31(35)22-26-37(36)41(32)29-34/h1-29H. The van der Waals surface area contributed by atoms with E-state index in [-0.39, 0.29) is 0 Å². The predicted molar refractivity (Wildman–Crippen MR) is 229 cm³/mol. The summed E-state index contributed by atoms with van der Waals surface area (Å²) in [7, 11) is 0. The molecule has 260 valence electrons. The van der Waals surface area contributed by atoms with Gasteiger partial charge in [0.05, 0.1) is 0 Å². The van der Waals surface area contributed by atoms with Gasteiger partial charge in [0.2, 0.25) is 0 Å². The predicted octanol–water partition coefficient (Wildman–Crippen LogP) is 13.8. The molecule has 3 aromatic heterocycles. The number of fused-ring (bicyclic) bond motifs is 11. The van der Waals surface area contributed by atoms with Gasteiger partial charge in [0.15, 0.2) is 17.5 Å². The highest BCUT2D eigenvalue weighted by molar-refractivity contribution is 6.18. The largest absolute Gasteiger partial charge is 0.456 e. The molecule has 5 heteroatoms. The minimum absolute atomic E-state index is 0.567. The average molecular weight is 716 g/mol. The first-order chi connectivity index (χ1) is 27.7. The van der Waals surface area contributed by atoms with Gasteiger partial charge in [-0.05, 0) is 79.8 Å². The van der Waals surface area contributed by atoms with Crippen molar-refractivity contribution < 1.29 is 8.83 Å². The number of nitrogens with zero attached hydrogens (tertiary/aromatic N) is 3. The van der Waals surface area contributed by atoms with Crippen LogP contribution in [0.3, 0.4) is 0 Å². The molecule has 12 aromatic rings. The summed E-state index contributed by atoms with van der Waals surface area (Å²) in [5.74, 6) is 1.72. The molecule has 12 rings (SSSR count). The number of para-hydroxylation sites is 1. The lowest BCUT2D eigenvalue weighted by Gasteiger charge is -2.12. The molecule has 56 heavy (non-hydrogen) atoms. The summed E-state index contributed by atoms with van der Waals surface area (Å²) in [5, 5.41) is 11.1. The van der Waals surface area contributed by atoms with Crippen molar-refractivity contribution in [2.24, 2.45) is 0 Å². The van der Waals surface area contributed by atoms with Crippen LogP contribution in [0.25, 0.3) is 121 Å². The smallest absolute Gasteiger partial charge is 0.164 e. The normalized spacial score (nSPS) is 11.9. The number of aromatic nitrogens is 3. The highest BCUT2D eigenvalue weighted by Crippen LogP contribution is 2.41. The molecule has 0 aliphatic rings. The summed E-state index contributed by atoms with van der Waals surface area (Å²) in [4.78, 5) is 15.9. The molecule has 0 unspecified atom stereocenters. The summed E-state index contributed by atoms with van der Waals surface area (Å²) in [5.41, 5.74) is 8.11. The number of benzene rings is 9. The lowest BCUT2D eigenvalue weighted by atomic mass is 9.96. The molecule has 0 saturated carbocycles. The Morgan fingerprint density at radius 3 is 1.59 bits per heavy atom. The van der Waals surface area contributed by atoms with Gasteiger partial charge >= 0.3 is 0 Å². The Kier molecular flexibility index (Phi) is 6.56. The van der Waals surface area contributed by atoms with Gasteiger partial charge in [0.25, 0.3) is 0 Å². The van der Waals surface area contributed by atoms with Crippen LogP contribution < -0.4 is 0 Å². The first-order valence-electron chi connectivity index (χ1n) is 18.8. The second-order valence-electron chi connectivity index (χ2n) is 14.3. The zero-order valence-electron chi connectivity index (χ0n) is 29.9. The van der Waals surface area contributed by atoms with Crippen molar-refractivity contribution >= 4 is 76.2 Å². The maximum absolute atomic E-state index is 6.47. The first-order valence-corrected chi connectivity index (χ1v) is 18.8. The molecule has 0 aliphatic heterocycles. The zero-order chi connectivity index (χ0) is 36.7. The van der Waals surface area contributed by atoms with Gasteiger partial charge in [-0.15, -0.1) is 0 Å². The van der Waals surface area contributed by atoms with Gasteiger partial charge in [-0.1, -0.05) is 140 Å². The third kappa shape index (κ3) is 4.71. The third-order valence-corrected chi connectivity index (χ3v) is 11.1. The van der Waals surface area contributed by atoms with E-state index >= 15 is 0 Å². The second kappa shape index (κ2) is 11.9. The molecule has 0 fully saturated rings. The Balaban J connectivity index is 1.13. The second-order valence-corrected chi connectivity index (χ2v) is 14.3. The fourth-order valence-corrected chi connectivity index (χ4v) is 8.49. The molecule has 3 heterocycles. The fourth-order valence-electron chi connectivity index (χ4n) is 8.49. The van der Waals surface area contributed by atoms with E-state index in [0.29, 0.717) is 17.5 Å².